The van der Waals surface area contributed by atoms with Crippen molar-refractivity contribution >= 4 is 11.6 Å². The first-order chi connectivity index (χ1) is 17.6. The average Bonchev–Trinajstić information content (AvgIpc) is 3.33. The van der Waals surface area contributed by atoms with Crippen LogP contribution in [0.5, 0.6) is 0 Å². The first kappa shape index (κ1) is 22.4. The summed E-state index contributed by atoms with van der Waals surface area (Å²) in [6, 6.07) is 21.0. The third-order valence-corrected chi connectivity index (χ3v) is 7.87. The van der Waals surface area contributed by atoms with Crippen LogP contribution in [0.15, 0.2) is 73.1 Å². The van der Waals surface area contributed by atoms with Crippen LogP contribution in [-0.4, -0.2) is 42.9 Å². The summed E-state index contributed by atoms with van der Waals surface area (Å²) in [4.78, 5) is 25.3. The first-order valence-corrected chi connectivity index (χ1v) is 12.5. The second-order valence-corrected chi connectivity index (χ2v) is 9.79. The molecule has 1 unspecified atom stereocenters. The van der Waals surface area contributed by atoms with E-state index in [-0.39, 0.29) is 17.9 Å². The van der Waals surface area contributed by atoms with Gasteiger partial charge in [0.1, 0.15) is 5.69 Å². The molecule has 3 atom stereocenters. The van der Waals surface area contributed by atoms with Crippen LogP contribution in [-0.2, 0) is 5.60 Å². The highest BCUT2D eigenvalue weighted by Gasteiger charge is 2.50. The number of imidazole rings is 1. The molecule has 0 spiro atoms. The number of fused-ring (bicyclic) bond motifs is 2. The third-order valence-electron chi connectivity index (χ3n) is 7.87. The van der Waals surface area contributed by atoms with Crippen LogP contribution in [0, 0.1) is 17.2 Å². The number of nitriles is 1. The summed E-state index contributed by atoms with van der Waals surface area (Å²) in [6.07, 6.45) is 7.81. The lowest BCUT2D eigenvalue weighted by atomic mass is 9.66. The maximum absolute atomic E-state index is 14.1. The summed E-state index contributed by atoms with van der Waals surface area (Å²) in [7, 11) is 0. The molecule has 0 bridgehead atoms. The molecule has 4 aromatic rings. The number of aromatic nitrogens is 3. The van der Waals surface area contributed by atoms with Crippen molar-refractivity contribution in [3.63, 3.8) is 0 Å². The molecule has 6 rings (SSSR count). The lowest BCUT2D eigenvalue weighted by molar-refractivity contribution is -0.110. The normalized spacial score (nSPS) is 23.7. The van der Waals surface area contributed by atoms with Gasteiger partial charge in [-0.2, -0.15) is 5.26 Å². The molecule has 1 aliphatic heterocycles. The quantitative estimate of drug-likeness (QED) is 0.467. The SMILES string of the molecule is N#Cc1cccc(-c2nc(C(=O)N3CCC(O)(c4ccccc4)[C@H]4CCCC[C@H]43)n3cccnc23)c1. The second kappa shape index (κ2) is 8.89. The van der Waals surface area contributed by atoms with Gasteiger partial charge >= 0.3 is 0 Å². The largest absolute Gasteiger partial charge is 0.385 e. The zero-order valence-corrected chi connectivity index (χ0v) is 19.9. The zero-order valence-electron chi connectivity index (χ0n) is 19.9. The fourth-order valence-corrected chi connectivity index (χ4v) is 6.16. The Hall–Kier alpha value is -4.02. The Morgan fingerprint density at radius 1 is 1.08 bits per heavy atom. The lowest BCUT2D eigenvalue weighted by Gasteiger charge is -2.52. The van der Waals surface area contributed by atoms with Gasteiger partial charge in [0.05, 0.1) is 17.2 Å². The molecule has 1 aliphatic carbocycles. The molecule has 180 valence electrons. The van der Waals surface area contributed by atoms with Crippen molar-refractivity contribution in [3.8, 4) is 17.3 Å². The van der Waals surface area contributed by atoms with Gasteiger partial charge in [-0.15, -0.1) is 0 Å². The minimum atomic E-state index is -0.942. The Balaban J connectivity index is 1.40. The Morgan fingerprint density at radius 3 is 2.75 bits per heavy atom. The van der Waals surface area contributed by atoms with Crippen LogP contribution in [0.4, 0.5) is 0 Å². The van der Waals surface area contributed by atoms with E-state index in [9.17, 15) is 15.2 Å². The molecule has 0 radical (unpaired) electrons. The van der Waals surface area contributed by atoms with Gasteiger partial charge in [0.15, 0.2) is 5.65 Å². The Kier molecular flexibility index (Phi) is 5.54. The first-order valence-electron chi connectivity index (χ1n) is 12.5. The highest BCUT2D eigenvalue weighted by Crippen LogP contribution is 2.47. The average molecular weight is 478 g/mol. The number of carbonyl (C=O) groups is 1. The van der Waals surface area contributed by atoms with E-state index in [0.717, 1.165) is 36.8 Å². The van der Waals surface area contributed by atoms with E-state index in [1.54, 1.807) is 28.8 Å². The fourth-order valence-electron chi connectivity index (χ4n) is 6.16. The second-order valence-electron chi connectivity index (χ2n) is 9.79. The van der Waals surface area contributed by atoms with Crippen LogP contribution >= 0.6 is 0 Å². The maximum atomic E-state index is 14.1. The van der Waals surface area contributed by atoms with Gasteiger partial charge < -0.3 is 10.0 Å². The number of benzene rings is 2. The molecule has 3 heterocycles. The maximum Gasteiger partial charge on any atom is 0.290 e. The van der Waals surface area contributed by atoms with E-state index in [0.29, 0.717) is 35.7 Å². The van der Waals surface area contributed by atoms with E-state index >= 15 is 0 Å². The minimum Gasteiger partial charge on any atom is -0.385 e. The number of hydrogen-bond donors (Lipinski definition) is 1. The van der Waals surface area contributed by atoms with Crippen LogP contribution in [0.25, 0.3) is 16.9 Å². The summed E-state index contributed by atoms with van der Waals surface area (Å²) >= 11 is 0. The van der Waals surface area contributed by atoms with Crippen molar-refractivity contribution < 1.29 is 9.90 Å². The van der Waals surface area contributed by atoms with Gasteiger partial charge in [0.25, 0.3) is 5.91 Å². The molecular weight excluding hydrogens is 450 g/mol. The minimum absolute atomic E-state index is 0.0255. The Labute approximate surface area is 209 Å². The molecule has 1 saturated carbocycles. The van der Waals surface area contributed by atoms with Crippen molar-refractivity contribution in [1.29, 1.82) is 5.26 Å². The number of hydrogen-bond acceptors (Lipinski definition) is 5. The summed E-state index contributed by atoms with van der Waals surface area (Å²) in [6.45, 7) is 0.458. The molecule has 1 saturated heterocycles. The molecule has 1 amide bonds. The monoisotopic (exact) mass is 477 g/mol. The Bertz CT molecular complexity index is 1470. The number of amides is 1. The van der Waals surface area contributed by atoms with Crippen molar-refractivity contribution in [2.75, 3.05) is 6.54 Å². The van der Waals surface area contributed by atoms with Gasteiger partial charge in [-0.3, -0.25) is 9.20 Å². The molecule has 2 aromatic heterocycles. The third kappa shape index (κ3) is 3.57. The molecule has 7 nitrogen and oxygen atoms in total. The summed E-state index contributed by atoms with van der Waals surface area (Å²) < 4.78 is 1.74. The highest BCUT2D eigenvalue weighted by molar-refractivity contribution is 5.94. The van der Waals surface area contributed by atoms with Gasteiger partial charge in [0, 0.05) is 36.5 Å². The number of piperidine rings is 1. The van der Waals surface area contributed by atoms with E-state index in [2.05, 4.69) is 11.1 Å². The molecule has 7 heteroatoms. The van der Waals surface area contributed by atoms with Crippen molar-refractivity contribution in [1.82, 2.24) is 19.3 Å². The van der Waals surface area contributed by atoms with E-state index in [4.69, 9.17) is 4.98 Å². The number of likely N-dealkylation sites (tertiary alicyclic amines) is 1. The molecule has 36 heavy (non-hydrogen) atoms. The summed E-state index contributed by atoms with van der Waals surface area (Å²) in [5.41, 5.74) is 2.42. The molecule has 2 aliphatic rings. The van der Waals surface area contributed by atoms with Crippen molar-refractivity contribution in [2.24, 2.45) is 5.92 Å². The number of aliphatic hydroxyl groups is 1. The van der Waals surface area contributed by atoms with Crippen molar-refractivity contribution in [2.45, 2.75) is 43.7 Å². The summed E-state index contributed by atoms with van der Waals surface area (Å²) in [5, 5.41) is 21.2. The van der Waals surface area contributed by atoms with Crippen LogP contribution in [0.2, 0.25) is 0 Å². The van der Waals surface area contributed by atoms with E-state index in [1.807, 2.05) is 53.6 Å². The molecular formula is C29H27N5O2. The topological polar surface area (TPSA) is 94.5 Å². The molecule has 2 fully saturated rings. The zero-order chi connectivity index (χ0) is 24.7. The lowest BCUT2D eigenvalue weighted by Crippen LogP contribution is -2.59. The van der Waals surface area contributed by atoms with Crippen LogP contribution < -0.4 is 0 Å². The van der Waals surface area contributed by atoms with Gasteiger partial charge in [-0.05, 0) is 43.0 Å². The molecule has 2 aromatic carbocycles. The van der Waals surface area contributed by atoms with Gasteiger partial charge in [-0.1, -0.05) is 55.3 Å². The smallest absolute Gasteiger partial charge is 0.290 e. The number of rotatable bonds is 3. The standard InChI is InChI=1S/C29H27N5O2/c30-19-20-8-6-9-21(18-20)25-26-31-15-7-16-34(26)27(32-25)28(35)33-17-14-29(36,22-10-2-1-3-11-22)23-12-4-5-13-24(23)33/h1-3,6-11,15-16,18,23-24,36H,4-5,12-14,17H2/t23-,24+,29?/m0/s1. The fraction of sp³-hybridized carbons (Fsp3) is 0.310. The van der Waals surface area contributed by atoms with Crippen molar-refractivity contribution in [3.05, 3.63) is 90.0 Å². The number of carbonyl (C=O) groups excluding carboxylic acids is 1. The van der Waals surface area contributed by atoms with Gasteiger partial charge in [0.2, 0.25) is 5.82 Å². The highest BCUT2D eigenvalue weighted by atomic mass is 16.3. The summed E-state index contributed by atoms with van der Waals surface area (Å²) in [5.74, 6) is 0.139. The molecule has 1 N–H and O–H groups in total. The van der Waals surface area contributed by atoms with Gasteiger partial charge in [-0.25, -0.2) is 9.97 Å². The Morgan fingerprint density at radius 2 is 1.92 bits per heavy atom. The van der Waals surface area contributed by atoms with Crippen LogP contribution in [0.3, 0.4) is 0 Å². The number of nitrogens with zero attached hydrogens (tertiary/aromatic N) is 5. The predicted molar refractivity (Wildman–Crippen MR) is 135 cm³/mol. The van der Waals surface area contributed by atoms with E-state index < -0.39 is 5.60 Å². The predicted octanol–water partition coefficient (Wildman–Crippen LogP) is 4.56. The van der Waals surface area contributed by atoms with Crippen LogP contribution in [0.1, 0.15) is 53.8 Å². The van der Waals surface area contributed by atoms with E-state index in [1.165, 1.54) is 0 Å².